The molecule has 0 atom stereocenters. The van der Waals surface area contributed by atoms with Gasteiger partial charge in [-0.25, -0.2) is 4.98 Å². The van der Waals surface area contributed by atoms with Gasteiger partial charge in [0.05, 0.1) is 34.2 Å². The molecule has 0 fully saturated rings. The predicted octanol–water partition coefficient (Wildman–Crippen LogP) is 8.45. The Balaban J connectivity index is 2.08. The van der Waals surface area contributed by atoms with Crippen LogP contribution in [-0.2, 0) is 0 Å². The van der Waals surface area contributed by atoms with E-state index in [0.717, 1.165) is 34.2 Å². The van der Waals surface area contributed by atoms with Gasteiger partial charge in [-0.3, -0.25) is 9.98 Å². The third kappa shape index (κ3) is 4.49. The van der Waals surface area contributed by atoms with Crippen molar-refractivity contribution < 1.29 is 0 Å². The van der Waals surface area contributed by atoms with Gasteiger partial charge in [0.15, 0.2) is 0 Å². The minimum atomic E-state index is 0.881. The summed E-state index contributed by atoms with van der Waals surface area (Å²) in [5.41, 5.74) is 18.6. The van der Waals surface area contributed by atoms with E-state index in [1.54, 1.807) is 0 Å². The van der Waals surface area contributed by atoms with Gasteiger partial charge in [0.25, 0.3) is 0 Å². The molecule has 3 heteroatoms. The molecule has 3 aromatic rings. The van der Waals surface area contributed by atoms with Crippen LogP contribution in [0.2, 0.25) is 0 Å². The summed E-state index contributed by atoms with van der Waals surface area (Å²) >= 11 is 0. The van der Waals surface area contributed by atoms with Gasteiger partial charge in [-0.05, 0) is 151 Å². The number of aliphatic imine (C=N–C) groups is 2. The highest BCUT2D eigenvalue weighted by Crippen LogP contribution is 2.34. The van der Waals surface area contributed by atoms with Gasteiger partial charge in [0.2, 0.25) is 0 Å². The zero-order chi connectivity index (χ0) is 25.5. The maximum absolute atomic E-state index is 5.05. The predicted molar refractivity (Wildman–Crippen MR) is 148 cm³/mol. The van der Waals surface area contributed by atoms with Gasteiger partial charge in [0.1, 0.15) is 0 Å². The van der Waals surface area contributed by atoms with E-state index in [1.807, 2.05) is 32.0 Å². The molecule has 1 heterocycles. The number of hydrogen-bond donors (Lipinski definition) is 0. The third-order valence-corrected chi connectivity index (χ3v) is 7.97. The molecule has 0 N–H and O–H groups in total. The van der Waals surface area contributed by atoms with Crippen LogP contribution < -0.4 is 0 Å². The second-order valence-electron chi connectivity index (χ2n) is 9.75. The number of aromatic nitrogens is 1. The minimum Gasteiger partial charge on any atom is -0.251 e. The summed E-state index contributed by atoms with van der Waals surface area (Å²) < 4.78 is 0. The maximum atomic E-state index is 5.05. The van der Waals surface area contributed by atoms with Crippen molar-refractivity contribution in [3.05, 3.63) is 85.2 Å². The van der Waals surface area contributed by atoms with E-state index in [4.69, 9.17) is 15.0 Å². The third-order valence-electron chi connectivity index (χ3n) is 7.97. The van der Waals surface area contributed by atoms with E-state index in [1.165, 1.54) is 55.6 Å². The fourth-order valence-corrected chi connectivity index (χ4v) is 4.58. The van der Waals surface area contributed by atoms with Gasteiger partial charge in [0, 0.05) is 0 Å². The minimum absolute atomic E-state index is 0.881. The first kappa shape index (κ1) is 25.6. The zero-order valence-electron chi connectivity index (χ0n) is 23.1. The normalized spacial score (nSPS) is 12.5. The topological polar surface area (TPSA) is 37.6 Å². The van der Waals surface area contributed by atoms with Crippen LogP contribution in [0.25, 0.3) is 0 Å². The summed E-state index contributed by atoms with van der Waals surface area (Å²) in [6.07, 6.45) is 0. The monoisotopic (exact) mass is 453 g/mol. The number of pyridine rings is 1. The molecule has 0 radical (unpaired) electrons. The lowest BCUT2D eigenvalue weighted by Crippen LogP contribution is -2.06. The lowest BCUT2D eigenvalue weighted by atomic mass is 9.93. The maximum Gasteiger partial charge on any atom is 0.0849 e. The molecule has 0 saturated carbocycles. The highest BCUT2D eigenvalue weighted by molar-refractivity contribution is 6.02. The highest BCUT2D eigenvalue weighted by Gasteiger charge is 2.14. The van der Waals surface area contributed by atoms with Crippen LogP contribution in [0, 0.1) is 69.2 Å². The van der Waals surface area contributed by atoms with E-state index in [2.05, 4.69) is 69.2 Å². The summed E-state index contributed by atoms with van der Waals surface area (Å²) in [7, 11) is 0. The van der Waals surface area contributed by atoms with E-state index in [9.17, 15) is 0 Å². The van der Waals surface area contributed by atoms with Crippen LogP contribution in [0.5, 0.6) is 0 Å². The number of rotatable bonds is 4. The number of nitrogens with zero attached hydrogens (tertiary/aromatic N) is 3. The molecular formula is C31H39N3. The fourth-order valence-electron chi connectivity index (χ4n) is 4.58. The molecule has 0 aliphatic rings. The van der Waals surface area contributed by atoms with Crippen molar-refractivity contribution >= 4 is 22.8 Å². The smallest absolute Gasteiger partial charge is 0.0849 e. The Kier molecular flexibility index (Phi) is 7.26. The van der Waals surface area contributed by atoms with E-state index in [0.29, 0.717) is 0 Å². The lowest BCUT2D eigenvalue weighted by molar-refractivity contribution is 1.15. The van der Waals surface area contributed by atoms with Crippen molar-refractivity contribution in [1.29, 1.82) is 0 Å². The van der Waals surface area contributed by atoms with Crippen molar-refractivity contribution in [2.24, 2.45) is 9.98 Å². The molecule has 0 unspecified atom stereocenters. The van der Waals surface area contributed by atoms with Crippen LogP contribution in [0.15, 0.2) is 28.2 Å². The molecule has 2 aromatic carbocycles. The first-order valence-electron chi connectivity index (χ1n) is 12.1. The molecule has 0 bridgehead atoms. The van der Waals surface area contributed by atoms with E-state index < -0.39 is 0 Å². The van der Waals surface area contributed by atoms with Gasteiger partial charge >= 0.3 is 0 Å². The van der Waals surface area contributed by atoms with Crippen molar-refractivity contribution in [2.45, 2.75) is 83.1 Å². The van der Waals surface area contributed by atoms with Crippen LogP contribution in [-0.4, -0.2) is 16.4 Å². The van der Waals surface area contributed by atoms with Gasteiger partial charge in [-0.2, -0.15) is 0 Å². The highest BCUT2D eigenvalue weighted by atomic mass is 14.8. The van der Waals surface area contributed by atoms with Crippen molar-refractivity contribution in [1.82, 2.24) is 4.98 Å². The average molecular weight is 454 g/mol. The van der Waals surface area contributed by atoms with Crippen LogP contribution in [0.4, 0.5) is 11.4 Å². The van der Waals surface area contributed by atoms with Gasteiger partial charge in [-0.1, -0.05) is 6.07 Å². The van der Waals surface area contributed by atoms with Gasteiger partial charge < -0.3 is 0 Å². The Morgan fingerprint density at radius 3 is 1.03 bits per heavy atom. The Labute approximate surface area is 206 Å². The van der Waals surface area contributed by atoms with E-state index in [-0.39, 0.29) is 0 Å². The molecule has 178 valence electrons. The Hall–Kier alpha value is -3.07. The van der Waals surface area contributed by atoms with Gasteiger partial charge in [-0.15, -0.1) is 0 Å². The first-order chi connectivity index (χ1) is 15.9. The van der Waals surface area contributed by atoms with Crippen molar-refractivity contribution in [3.63, 3.8) is 0 Å². The number of benzene rings is 2. The molecule has 0 amide bonds. The molecule has 3 nitrogen and oxygen atoms in total. The molecular weight excluding hydrogens is 414 g/mol. The molecule has 34 heavy (non-hydrogen) atoms. The molecule has 0 aliphatic heterocycles. The summed E-state index contributed by atoms with van der Waals surface area (Å²) in [5.74, 6) is 0. The largest absolute Gasteiger partial charge is 0.251 e. The summed E-state index contributed by atoms with van der Waals surface area (Å²) in [6.45, 7) is 25.9. The molecule has 3 rings (SSSR count). The standard InChI is InChI=1S/C31H39N3/c1-16-18(3)22(7)30(23(8)19(16)4)32-26(11)28-14-13-15-29(34-28)27(12)33-31-24(9)20(5)17(2)21(6)25(31)10/h13-15H,1-12H3. The van der Waals surface area contributed by atoms with Crippen molar-refractivity contribution in [3.8, 4) is 0 Å². The lowest BCUT2D eigenvalue weighted by Gasteiger charge is -2.17. The SMILES string of the molecule is CC(=Nc1c(C)c(C)c(C)c(C)c1C)c1cccc(C(C)=Nc2c(C)c(C)c(C)c(C)c2C)n1. The van der Waals surface area contributed by atoms with Crippen LogP contribution >= 0.6 is 0 Å². The molecule has 0 saturated heterocycles. The molecule has 0 aliphatic carbocycles. The van der Waals surface area contributed by atoms with Crippen molar-refractivity contribution in [2.75, 3.05) is 0 Å². The zero-order valence-corrected chi connectivity index (χ0v) is 23.1. The second kappa shape index (κ2) is 9.66. The Morgan fingerprint density at radius 1 is 0.471 bits per heavy atom. The van der Waals surface area contributed by atoms with Crippen LogP contribution in [0.3, 0.4) is 0 Å². The fraction of sp³-hybridized carbons (Fsp3) is 0.387. The summed E-state index contributed by atoms with van der Waals surface area (Å²) in [6, 6.07) is 6.11. The second-order valence-corrected chi connectivity index (χ2v) is 9.75. The Bertz CT molecular complexity index is 1200. The average Bonchev–Trinajstić information content (AvgIpc) is 2.84. The number of hydrogen-bond acceptors (Lipinski definition) is 3. The summed E-state index contributed by atoms with van der Waals surface area (Å²) in [5, 5.41) is 0. The first-order valence-corrected chi connectivity index (χ1v) is 12.1. The summed E-state index contributed by atoms with van der Waals surface area (Å²) in [4.78, 5) is 15.0. The Morgan fingerprint density at radius 2 is 0.735 bits per heavy atom. The van der Waals surface area contributed by atoms with Crippen LogP contribution in [0.1, 0.15) is 80.9 Å². The quantitative estimate of drug-likeness (QED) is 0.365. The molecule has 0 spiro atoms. The molecule has 1 aromatic heterocycles. The van der Waals surface area contributed by atoms with E-state index >= 15 is 0 Å².